The molecule has 0 saturated heterocycles. The molecule has 1 aromatic carbocycles. The van der Waals surface area contributed by atoms with E-state index in [-0.39, 0.29) is 12.1 Å². The highest BCUT2D eigenvalue weighted by Crippen LogP contribution is 2.30. The lowest BCUT2D eigenvalue weighted by molar-refractivity contribution is 0.142. The van der Waals surface area contributed by atoms with Crippen molar-refractivity contribution in [3.05, 3.63) is 35.4 Å². The van der Waals surface area contributed by atoms with Gasteiger partial charge in [-0.2, -0.15) is 0 Å². The van der Waals surface area contributed by atoms with Gasteiger partial charge in [-0.15, -0.1) is 0 Å². The second-order valence-corrected chi connectivity index (χ2v) is 3.11. The average Bonchev–Trinajstić information content (AvgIpc) is 2.40. The maximum atomic E-state index is 9.57. The van der Waals surface area contributed by atoms with E-state index >= 15 is 0 Å². The predicted octanol–water partition coefficient (Wildman–Crippen LogP) is 0.108. The van der Waals surface area contributed by atoms with E-state index in [1.807, 2.05) is 24.3 Å². The molecule has 64 valence electrons. The summed E-state index contributed by atoms with van der Waals surface area (Å²) in [5.41, 5.74) is 4.93. The van der Waals surface area contributed by atoms with Gasteiger partial charge in [-0.1, -0.05) is 24.3 Å². The Bertz CT molecular complexity index is 288. The van der Waals surface area contributed by atoms with Crippen LogP contribution in [0, 0.1) is 0 Å². The number of hydrazine groups is 1. The summed E-state index contributed by atoms with van der Waals surface area (Å²) in [7, 11) is 0. The predicted molar refractivity (Wildman–Crippen MR) is 46.2 cm³/mol. The Morgan fingerprint density at radius 2 is 2.17 bits per heavy atom. The summed E-state index contributed by atoms with van der Waals surface area (Å²) in [6.07, 6.45) is 0.317. The molecule has 0 aromatic heterocycles. The zero-order valence-corrected chi connectivity index (χ0v) is 6.70. The standard InChI is InChI=1S/C9H12N2O/c10-11-9-7-4-2-1-3-6(7)5-8(9)12/h1-4,8-9,11-12H,5,10H2/t8-,9?/m1/s1. The van der Waals surface area contributed by atoms with Crippen LogP contribution < -0.4 is 11.3 Å². The van der Waals surface area contributed by atoms with Crippen LogP contribution in [-0.2, 0) is 6.42 Å². The third kappa shape index (κ3) is 1.03. The van der Waals surface area contributed by atoms with Crippen molar-refractivity contribution >= 4 is 0 Å². The lowest BCUT2D eigenvalue weighted by Gasteiger charge is -2.13. The van der Waals surface area contributed by atoms with Crippen LogP contribution in [0.15, 0.2) is 24.3 Å². The van der Waals surface area contributed by atoms with Gasteiger partial charge in [-0.25, -0.2) is 0 Å². The Labute approximate surface area is 71.2 Å². The number of hydrogen-bond acceptors (Lipinski definition) is 3. The molecule has 1 aliphatic rings. The minimum absolute atomic E-state index is 0.0961. The zero-order valence-electron chi connectivity index (χ0n) is 6.70. The molecule has 3 nitrogen and oxygen atoms in total. The second kappa shape index (κ2) is 2.86. The highest BCUT2D eigenvalue weighted by atomic mass is 16.3. The van der Waals surface area contributed by atoms with Crippen molar-refractivity contribution in [2.45, 2.75) is 18.6 Å². The molecule has 0 bridgehead atoms. The van der Waals surface area contributed by atoms with Crippen LogP contribution in [0.5, 0.6) is 0 Å². The van der Waals surface area contributed by atoms with Crippen molar-refractivity contribution in [3.8, 4) is 0 Å². The van der Waals surface area contributed by atoms with Crippen LogP contribution in [-0.4, -0.2) is 11.2 Å². The molecule has 12 heavy (non-hydrogen) atoms. The van der Waals surface area contributed by atoms with Crippen LogP contribution in [0.3, 0.4) is 0 Å². The lowest BCUT2D eigenvalue weighted by atomic mass is 10.1. The van der Waals surface area contributed by atoms with Crippen molar-refractivity contribution < 1.29 is 5.11 Å². The maximum absolute atomic E-state index is 9.57. The third-order valence-corrected chi connectivity index (χ3v) is 2.38. The summed E-state index contributed by atoms with van der Waals surface area (Å²) >= 11 is 0. The normalized spacial score (nSPS) is 27.2. The number of nitrogens with one attached hydrogen (secondary N) is 1. The minimum atomic E-state index is -0.382. The lowest BCUT2D eigenvalue weighted by Crippen LogP contribution is -2.33. The first-order chi connectivity index (χ1) is 5.83. The molecule has 2 atom stereocenters. The van der Waals surface area contributed by atoms with Crippen molar-refractivity contribution in [3.63, 3.8) is 0 Å². The fourth-order valence-corrected chi connectivity index (χ4v) is 1.77. The van der Waals surface area contributed by atoms with Crippen molar-refractivity contribution in [1.29, 1.82) is 0 Å². The molecule has 0 saturated carbocycles. The van der Waals surface area contributed by atoms with Gasteiger partial charge in [0.15, 0.2) is 0 Å². The number of benzene rings is 1. The summed E-state index contributed by atoms with van der Waals surface area (Å²) in [6, 6.07) is 7.86. The average molecular weight is 164 g/mol. The van der Waals surface area contributed by atoms with Crippen molar-refractivity contribution in [1.82, 2.24) is 5.43 Å². The topological polar surface area (TPSA) is 58.3 Å². The second-order valence-electron chi connectivity index (χ2n) is 3.11. The van der Waals surface area contributed by atoms with Crippen LogP contribution in [0.25, 0.3) is 0 Å². The van der Waals surface area contributed by atoms with Crippen molar-refractivity contribution in [2.75, 3.05) is 0 Å². The number of hydrogen-bond donors (Lipinski definition) is 3. The number of aliphatic hydroxyl groups excluding tert-OH is 1. The Morgan fingerprint density at radius 3 is 2.92 bits per heavy atom. The molecule has 4 N–H and O–H groups in total. The summed E-state index contributed by atoms with van der Waals surface area (Å²) < 4.78 is 0. The molecule has 0 heterocycles. The number of rotatable bonds is 1. The van der Waals surface area contributed by atoms with Crippen LogP contribution in [0.4, 0.5) is 0 Å². The smallest absolute Gasteiger partial charge is 0.0788 e. The summed E-state index contributed by atoms with van der Waals surface area (Å²) in [5.74, 6) is 5.33. The van der Waals surface area contributed by atoms with Crippen LogP contribution >= 0.6 is 0 Å². The fraction of sp³-hybridized carbons (Fsp3) is 0.333. The minimum Gasteiger partial charge on any atom is -0.391 e. The van der Waals surface area contributed by atoms with Gasteiger partial charge in [0.1, 0.15) is 0 Å². The molecule has 1 aromatic rings. The Hall–Kier alpha value is -0.900. The molecular weight excluding hydrogens is 152 g/mol. The fourth-order valence-electron chi connectivity index (χ4n) is 1.77. The van der Waals surface area contributed by atoms with Gasteiger partial charge in [0.25, 0.3) is 0 Å². The van der Waals surface area contributed by atoms with Crippen LogP contribution in [0.2, 0.25) is 0 Å². The quantitative estimate of drug-likeness (QED) is 0.408. The van der Waals surface area contributed by atoms with Gasteiger partial charge in [0, 0.05) is 6.42 Å². The van der Waals surface area contributed by atoms with E-state index in [4.69, 9.17) is 5.84 Å². The van der Waals surface area contributed by atoms with E-state index in [0.717, 1.165) is 5.56 Å². The number of aliphatic hydroxyl groups is 1. The van der Waals surface area contributed by atoms with E-state index in [1.165, 1.54) is 5.56 Å². The molecule has 1 unspecified atom stereocenters. The molecule has 1 aliphatic carbocycles. The molecule has 3 heteroatoms. The van der Waals surface area contributed by atoms with Gasteiger partial charge < -0.3 is 5.11 Å². The highest BCUT2D eigenvalue weighted by Gasteiger charge is 2.29. The van der Waals surface area contributed by atoms with Gasteiger partial charge in [0.2, 0.25) is 0 Å². The molecule has 0 radical (unpaired) electrons. The Balaban J connectivity index is 2.40. The Kier molecular flexibility index (Phi) is 1.84. The van der Waals surface area contributed by atoms with E-state index in [2.05, 4.69) is 5.43 Å². The number of nitrogens with two attached hydrogens (primary N) is 1. The van der Waals surface area contributed by atoms with Gasteiger partial charge >= 0.3 is 0 Å². The van der Waals surface area contributed by atoms with E-state index < -0.39 is 0 Å². The van der Waals surface area contributed by atoms with Crippen molar-refractivity contribution in [2.24, 2.45) is 5.84 Å². The summed E-state index contributed by atoms with van der Waals surface area (Å²) in [4.78, 5) is 0. The Morgan fingerprint density at radius 1 is 1.42 bits per heavy atom. The highest BCUT2D eigenvalue weighted by molar-refractivity contribution is 5.36. The first kappa shape index (κ1) is 7.73. The summed E-state index contributed by atoms with van der Waals surface area (Å²) in [5, 5.41) is 9.57. The first-order valence-corrected chi connectivity index (χ1v) is 4.05. The van der Waals surface area contributed by atoms with E-state index in [9.17, 15) is 5.11 Å². The van der Waals surface area contributed by atoms with Gasteiger partial charge in [-0.05, 0) is 11.1 Å². The van der Waals surface area contributed by atoms with Crippen LogP contribution in [0.1, 0.15) is 17.2 Å². The van der Waals surface area contributed by atoms with E-state index in [0.29, 0.717) is 6.42 Å². The SMILES string of the molecule is NNC1c2ccccc2C[C@H]1O. The molecule has 0 aliphatic heterocycles. The molecule has 0 amide bonds. The largest absolute Gasteiger partial charge is 0.391 e. The molecule has 2 rings (SSSR count). The molecular formula is C9H12N2O. The third-order valence-electron chi connectivity index (χ3n) is 2.38. The maximum Gasteiger partial charge on any atom is 0.0788 e. The van der Waals surface area contributed by atoms with Gasteiger partial charge in [-0.3, -0.25) is 11.3 Å². The molecule has 0 fully saturated rings. The number of fused-ring (bicyclic) bond motifs is 1. The monoisotopic (exact) mass is 164 g/mol. The molecule has 0 spiro atoms. The van der Waals surface area contributed by atoms with E-state index in [1.54, 1.807) is 0 Å². The summed E-state index contributed by atoms with van der Waals surface area (Å²) in [6.45, 7) is 0. The zero-order chi connectivity index (χ0) is 8.55. The van der Waals surface area contributed by atoms with Gasteiger partial charge in [0.05, 0.1) is 12.1 Å². The first-order valence-electron chi connectivity index (χ1n) is 4.05.